The molecule has 0 aliphatic rings. The Morgan fingerprint density at radius 3 is 2.73 bits per heavy atom. The van der Waals surface area contributed by atoms with Crippen LogP contribution in [0.2, 0.25) is 0 Å². The predicted octanol–water partition coefficient (Wildman–Crippen LogP) is 1.69. The van der Waals surface area contributed by atoms with Crippen molar-refractivity contribution in [3.05, 3.63) is 51.5 Å². The second kappa shape index (κ2) is 3.20. The summed E-state index contributed by atoms with van der Waals surface area (Å²) in [5.41, 5.74) is 0.657. The van der Waals surface area contributed by atoms with E-state index in [0.29, 0.717) is 21.1 Å². The van der Waals surface area contributed by atoms with Crippen LogP contribution >= 0.6 is 0 Å². The number of nitro benzene ring substituents is 1. The molecule has 0 unspecified atom stereocenters. The summed E-state index contributed by atoms with van der Waals surface area (Å²) in [7, 11) is 0. The molecule has 1 aromatic carbocycles. The zero-order valence-corrected chi connectivity index (χ0v) is 8.01. The molecule has 76 valence electrons. The molecule has 0 aliphatic carbocycles. The van der Waals surface area contributed by atoms with Crippen LogP contribution in [0.3, 0.4) is 0 Å². The fourth-order valence-corrected chi connectivity index (χ4v) is 1.59. The molecule has 5 heteroatoms. The van der Waals surface area contributed by atoms with Gasteiger partial charge in [-0.2, -0.15) is 4.73 Å². The highest BCUT2D eigenvalue weighted by Crippen LogP contribution is 2.27. The zero-order valence-electron chi connectivity index (χ0n) is 8.01. The van der Waals surface area contributed by atoms with Crippen LogP contribution in [0.5, 0.6) is 0 Å². The lowest BCUT2D eigenvalue weighted by Crippen LogP contribution is -2.23. The van der Waals surface area contributed by atoms with Crippen molar-refractivity contribution in [3.8, 4) is 0 Å². The second-order valence-electron chi connectivity index (χ2n) is 3.30. The zero-order chi connectivity index (χ0) is 11.0. The third-order valence-corrected chi connectivity index (χ3v) is 2.29. The minimum Gasteiger partial charge on any atom is -0.619 e. The van der Waals surface area contributed by atoms with E-state index >= 15 is 0 Å². The summed E-state index contributed by atoms with van der Waals surface area (Å²) >= 11 is 0. The highest BCUT2D eigenvalue weighted by Gasteiger charge is 2.16. The lowest BCUT2D eigenvalue weighted by atomic mass is 10.1. The Kier molecular flexibility index (Phi) is 2.00. The van der Waals surface area contributed by atoms with Crippen LogP contribution in [0.15, 0.2) is 30.6 Å². The lowest BCUT2D eigenvalue weighted by molar-refractivity contribution is -0.603. The minimum absolute atomic E-state index is 0.0631. The van der Waals surface area contributed by atoms with Crippen LogP contribution in [0.1, 0.15) is 5.56 Å². The van der Waals surface area contributed by atoms with E-state index in [9.17, 15) is 15.3 Å². The maximum atomic E-state index is 11.0. The van der Waals surface area contributed by atoms with Crippen molar-refractivity contribution in [1.82, 2.24) is 0 Å². The molecule has 1 heterocycles. The molecule has 15 heavy (non-hydrogen) atoms. The third-order valence-electron chi connectivity index (χ3n) is 2.29. The summed E-state index contributed by atoms with van der Waals surface area (Å²) in [6, 6.07) is 4.81. The number of aryl methyl sites for hydroxylation is 1. The number of nitro groups is 1. The van der Waals surface area contributed by atoms with Crippen molar-refractivity contribution in [1.29, 1.82) is 0 Å². The van der Waals surface area contributed by atoms with Gasteiger partial charge in [-0.1, -0.05) is 6.07 Å². The van der Waals surface area contributed by atoms with Gasteiger partial charge in [-0.25, -0.2) is 0 Å². The molecule has 1 aromatic heterocycles. The van der Waals surface area contributed by atoms with Gasteiger partial charge in [-0.3, -0.25) is 10.1 Å². The number of benzene rings is 1. The largest absolute Gasteiger partial charge is 0.619 e. The molecule has 2 rings (SSSR count). The van der Waals surface area contributed by atoms with E-state index in [2.05, 4.69) is 0 Å². The van der Waals surface area contributed by atoms with E-state index in [1.165, 1.54) is 18.5 Å². The molecule has 0 aliphatic heterocycles. The molecule has 0 bridgehead atoms. The first-order chi connectivity index (χ1) is 7.09. The summed E-state index contributed by atoms with van der Waals surface area (Å²) < 4.78 is 0.626. The standard InChI is InChI=1S/C10H8N2O3/c1-7-2-3-8-6-11(13)5-4-9(8)10(7)12(14)15/h2-6H,1H3. The quantitative estimate of drug-likeness (QED) is 0.307. The van der Waals surface area contributed by atoms with Crippen molar-refractivity contribution >= 4 is 16.5 Å². The van der Waals surface area contributed by atoms with Gasteiger partial charge in [0.25, 0.3) is 5.69 Å². The molecule has 0 fully saturated rings. The van der Waals surface area contributed by atoms with E-state index in [1.807, 2.05) is 0 Å². The summed E-state index contributed by atoms with van der Waals surface area (Å²) in [6.45, 7) is 1.68. The summed E-state index contributed by atoms with van der Waals surface area (Å²) in [6.07, 6.45) is 2.58. The van der Waals surface area contributed by atoms with Crippen LogP contribution in [0, 0.1) is 22.2 Å². The smallest absolute Gasteiger partial charge is 0.280 e. The Labute approximate surface area is 85.3 Å². The number of hydrogen-bond donors (Lipinski definition) is 0. The van der Waals surface area contributed by atoms with Gasteiger partial charge in [0.1, 0.15) is 0 Å². The molecule has 0 spiro atoms. The fraction of sp³-hybridized carbons (Fsp3) is 0.100. The molecular weight excluding hydrogens is 196 g/mol. The van der Waals surface area contributed by atoms with Crippen molar-refractivity contribution in [2.24, 2.45) is 0 Å². The van der Waals surface area contributed by atoms with Gasteiger partial charge in [0, 0.05) is 11.6 Å². The van der Waals surface area contributed by atoms with Crippen molar-refractivity contribution in [2.75, 3.05) is 0 Å². The molecule has 0 amide bonds. The molecule has 5 nitrogen and oxygen atoms in total. The van der Waals surface area contributed by atoms with Gasteiger partial charge < -0.3 is 5.21 Å². The Bertz CT molecular complexity index is 552. The maximum absolute atomic E-state index is 11.0. The Balaban J connectivity index is 2.88. The third kappa shape index (κ3) is 1.48. The molecule has 0 saturated heterocycles. The topological polar surface area (TPSA) is 70.1 Å². The highest BCUT2D eigenvalue weighted by atomic mass is 16.6. The summed E-state index contributed by atoms with van der Waals surface area (Å²) in [5.74, 6) is 0. The molecule has 0 saturated carbocycles. The van der Waals surface area contributed by atoms with Gasteiger partial charge >= 0.3 is 0 Å². The van der Waals surface area contributed by atoms with E-state index < -0.39 is 4.92 Å². The fourth-order valence-electron chi connectivity index (χ4n) is 1.59. The van der Waals surface area contributed by atoms with Crippen LogP contribution in [0.4, 0.5) is 5.69 Å². The van der Waals surface area contributed by atoms with Crippen molar-refractivity contribution in [3.63, 3.8) is 0 Å². The first kappa shape index (κ1) is 9.39. The van der Waals surface area contributed by atoms with E-state index in [-0.39, 0.29) is 5.69 Å². The number of hydrogen-bond acceptors (Lipinski definition) is 3. The Morgan fingerprint density at radius 2 is 2.07 bits per heavy atom. The number of nitrogens with zero attached hydrogens (tertiary/aromatic N) is 2. The molecule has 0 atom stereocenters. The first-order valence-electron chi connectivity index (χ1n) is 4.36. The number of rotatable bonds is 1. The average molecular weight is 204 g/mol. The molecule has 2 aromatic rings. The number of fused-ring (bicyclic) bond motifs is 1. The summed E-state index contributed by atoms with van der Waals surface area (Å²) in [4.78, 5) is 10.4. The van der Waals surface area contributed by atoms with Gasteiger partial charge in [0.15, 0.2) is 12.4 Å². The van der Waals surface area contributed by atoms with Crippen molar-refractivity contribution < 1.29 is 9.65 Å². The van der Waals surface area contributed by atoms with Crippen molar-refractivity contribution in [2.45, 2.75) is 6.92 Å². The van der Waals surface area contributed by atoms with E-state index in [1.54, 1.807) is 19.1 Å². The summed E-state index contributed by atoms with van der Waals surface area (Å²) in [5, 5.41) is 22.9. The monoisotopic (exact) mass is 204 g/mol. The predicted molar refractivity (Wildman–Crippen MR) is 54.3 cm³/mol. The SMILES string of the molecule is Cc1ccc2c[n+]([O-])ccc2c1[N+](=O)[O-]. The molecule has 0 radical (unpaired) electrons. The van der Waals surface area contributed by atoms with Crippen LogP contribution in [-0.2, 0) is 0 Å². The number of pyridine rings is 1. The van der Waals surface area contributed by atoms with E-state index in [0.717, 1.165) is 0 Å². The van der Waals surface area contributed by atoms with Crippen LogP contribution in [0.25, 0.3) is 10.8 Å². The Morgan fingerprint density at radius 1 is 1.33 bits per heavy atom. The van der Waals surface area contributed by atoms with Crippen LogP contribution in [-0.4, -0.2) is 4.92 Å². The normalized spacial score (nSPS) is 10.5. The average Bonchev–Trinajstić information content (AvgIpc) is 2.17. The van der Waals surface area contributed by atoms with E-state index in [4.69, 9.17) is 0 Å². The van der Waals surface area contributed by atoms with Gasteiger partial charge in [0.05, 0.1) is 15.7 Å². The molecule has 0 N–H and O–H groups in total. The number of aromatic nitrogens is 1. The minimum atomic E-state index is -0.424. The maximum Gasteiger partial charge on any atom is 0.280 e. The van der Waals surface area contributed by atoms with Crippen LogP contribution < -0.4 is 4.73 Å². The lowest BCUT2D eigenvalue weighted by Gasteiger charge is -2.02. The highest BCUT2D eigenvalue weighted by molar-refractivity contribution is 5.90. The molecular formula is C10H8N2O3. The van der Waals surface area contributed by atoms with Gasteiger partial charge in [-0.15, -0.1) is 0 Å². The Hall–Kier alpha value is -2.17. The first-order valence-corrected chi connectivity index (χ1v) is 4.36. The van der Waals surface area contributed by atoms with Gasteiger partial charge in [-0.05, 0) is 13.0 Å². The second-order valence-corrected chi connectivity index (χ2v) is 3.30. The van der Waals surface area contributed by atoms with Gasteiger partial charge in [0.2, 0.25) is 0 Å².